The molecule has 220 valence electrons. The lowest BCUT2D eigenvalue weighted by Gasteiger charge is -2.37. The topological polar surface area (TPSA) is 25.8 Å². The second-order valence-electron chi connectivity index (χ2n) is 12.7. The molecule has 0 atom stereocenters. The second-order valence-corrected chi connectivity index (χ2v) is 12.7. The van der Waals surface area contributed by atoms with Gasteiger partial charge in [0.2, 0.25) is 0 Å². The van der Waals surface area contributed by atoms with Crippen molar-refractivity contribution in [2.75, 3.05) is 0 Å². The van der Waals surface area contributed by atoms with Crippen LogP contribution in [0.5, 0.6) is 0 Å². The molecule has 0 N–H and O–H groups in total. The van der Waals surface area contributed by atoms with E-state index in [0.717, 1.165) is 44.8 Å². The lowest BCUT2D eigenvalue weighted by molar-refractivity contribution is 0.645. The molecule has 1 aliphatic rings. The first kappa shape index (κ1) is 27.9. The number of fused-ring (bicyclic) bond motifs is 2. The summed E-state index contributed by atoms with van der Waals surface area (Å²) >= 11 is 0. The van der Waals surface area contributed by atoms with Gasteiger partial charge in [-0.1, -0.05) is 136 Å². The number of rotatable bonds is 5. The predicted octanol–water partition coefficient (Wildman–Crippen LogP) is 11.6. The molecule has 2 heteroatoms. The number of nitrogens with zero attached hydrogens (tertiary/aromatic N) is 2. The quantitative estimate of drug-likeness (QED) is 0.199. The van der Waals surface area contributed by atoms with Crippen molar-refractivity contribution >= 4 is 16.8 Å². The Morgan fingerprint density at radius 3 is 1.67 bits per heavy atom. The minimum Gasteiger partial charge on any atom is -0.256 e. The molecule has 0 bridgehead atoms. The molecule has 46 heavy (non-hydrogen) atoms. The Morgan fingerprint density at radius 1 is 0.543 bits per heavy atom. The van der Waals surface area contributed by atoms with E-state index in [1.165, 1.54) is 44.2 Å². The zero-order valence-electron chi connectivity index (χ0n) is 26.4. The summed E-state index contributed by atoms with van der Waals surface area (Å²) < 4.78 is 0. The zero-order chi connectivity index (χ0) is 31.4. The lowest BCUT2D eigenvalue weighted by Crippen LogP contribution is -2.25. The summed E-state index contributed by atoms with van der Waals surface area (Å²) in [7, 11) is 0. The maximum Gasteiger partial charge on any atom is 0.0708 e. The van der Waals surface area contributed by atoms with Crippen LogP contribution in [0.4, 0.5) is 0 Å². The third-order valence-corrected chi connectivity index (χ3v) is 9.73. The SMILES string of the molecule is C=Cc1c(-c2ccc(-c3ccccc3)cn2)ccc2c1-c1c(C)ccc3c(-c4ccc(-c5ccccc5)cn4)ccc(c13)C2(C)C. The van der Waals surface area contributed by atoms with Crippen LogP contribution in [0.2, 0.25) is 0 Å². The monoisotopic (exact) mass is 590 g/mol. The number of hydrogen-bond acceptors (Lipinski definition) is 2. The van der Waals surface area contributed by atoms with Crippen LogP contribution < -0.4 is 0 Å². The Morgan fingerprint density at radius 2 is 1.11 bits per heavy atom. The van der Waals surface area contributed by atoms with Crippen LogP contribution in [-0.4, -0.2) is 9.97 Å². The van der Waals surface area contributed by atoms with Crippen molar-refractivity contribution in [2.45, 2.75) is 26.2 Å². The van der Waals surface area contributed by atoms with E-state index in [4.69, 9.17) is 9.97 Å². The summed E-state index contributed by atoms with van der Waals surface area (Å²) in [5.74, 6) is 0. The molecule has 0 aliphatic heterocycles. The summed E-state index contributed by atoms with van der Waals surface area (Å²) in [6, 6.07) is 43.1. The molecule has 2 heterocycles. The fourth-order valence-electron chi connectivity index (χ4n) is 7.32. The first-order chi connectivity index (χ1) is 22.5. The molecular weight excluding hydrogens is 556 g/mol. The average Bonchev–Trinajstić information content (AvgIpc) is 3.11. The molecule has 1 aliphatic carbocycles. The maximum absolute atomic E-state index is 4.97. The van der Waals surface area contributed by atoms with Gasteiger partial charge in [-0.3, -0.25) is 9.97 Å². The molecule has 0 radical (unpaired) electrons. The summed E-state index contributed by atoms with van der Waals surface area (Å²) in [6.45, 7) is 11.3. The average molecular weight is 591 g/mol. The van der Waals surface area contributed by atoms with Crippen LogP contribution in [0.15, 0.2) is 140 Å². The zero-order valence-corrected chi connectivity index (χ0v) is 26.4. The standard InChI is InChI=1S/C44H34N2/c1-5-33-34(39-24-17-31(26-45-39)29-12-8-6-9-13-29)20-22-37-42(33)41-28(2)16-19-36-35(21-23-38(43(36)41)44(37,3)4)40-25-18-32(27-46-40)30-14-10-7-11-15-30/h5-27H,1H2,2-4H3. The van der Waals surface area contributed by atoms with E-state index in [-0.39, 0.29) is 5.41 Å². The highest BCUT2D eigenvalue weighted by Gasteiger charge is 2.36. The van der Waals surface area contributed by atoms with Crippen LogP contribution in [0.3, 0.4) is 0 Å². The number of aromatic nitrogens is 2. The number of hydrogen-bond donors (Lipinski definition) is 0. The third kappa shape index (κ3) is 4.33. The van der Waals surface area contributed by atoms with Crippen molar-refractivity contribution in [3.63, 3.8) is 0 Å². The molecular formula is C44H34N2. The van der Waals surface area contributed by atoms with Crippen LogP contribution in [0.25, 0.3) is 72.7 Å². The van der Waals surface area contributed by atoms with Crippen molar-refractivity contribution < 1.29 is 0 Å². The number of pyridine rings is 2. The fourth-order valence-corrected chi connectivity index (χ4v) is 7.32. The number of benzene rings is 5. The van der Waals surface area contributed by atoms with E-state index in [0.29, 0.717) is 0 Å². The van der Waals surface area contributed by atoms with E-state index >= 15 is 0 Å². The summed E-state index contributed by atoms with van der Waals surface area (Å²) in [4.78, 5) is 9.94. The van der Waals surface area contributed by atoms with E-state index in [2.05, 4.69) is 137 Å². The van der Waals surface area contributed by atoms with Gasteiger partial charge < -0.3 is 0 Å². The van der Waals surface area contributed by atoms with Crippen LogP contribution in [0, 0.1) is 6.92 Å². The van der Waals surface area contributed by atoms with Crippen molar-refractivity contribution in [3.05, 3.63) is 163 Å². The first-order valence-electron chi connectivity index (χ1n) is 15.9. The molecule has 0 saturated heterocycles. The minimum absolute atomic E-state index is 0.210. The molecule has 0 fully saturated rings. The van der Waals surface area contributed by atoms with Crippen LogP contribution in [-0.2, 0) is 5.41 Å². The first-order valence-corrected chi connectivity index (χ1v) is 15.9. The number of aryl methyl sites for hydroxylation is 1. The Hall–Kier alpha value is -5.60. The van der Waals surface area contributed by atoms with Gasteiger partial charge in [0.1, 0.15) is 0 Å². The van der Waals surface area contributed by atoms with E-state index < -0.39 is 0 Å². The van der Waals surface area contributed by atoms with Gasteiger partial charge >= 0.3 is 0 Å². The van der Waals surface area contributed by atoms with E-state index in [1.54, 1.807) is 0 Å². The molecule has 0 amide bonds. The van der Waals surface area contributed by atoms with Crippen molar-refractivity contribution in [3.8, 4) is 55.9 Å². The molecule has 8 rings (SSSR count). The third-order valence-electron chi connectivity index (χ3n) is 9.73. The lowest BCUT2D eigenvalue weighted by atomic mass is 9.66. The minimum atomic E-state index is -0.210. The summed E-state index contributed by atoms with van der Waals surface area (Å²) in [5, 5.41) is 2.53. The maximum atomic E-state index is 4.97. The molecule has 0 saturated carbocycles. The van der Waals surface area contributed by atoms with Crippen molar-refractivity contribution in [1.82, 2.24) is 9.97 Å². The Kier molecular flexibility index (Phi) is 6.54. The fraction of sp³-hybridized carbons (Fsp3) is 0.0909. The van der Waals surface area contributed by atoms with Crippen LogP contribution in [0.1, 0.15) is 36.1 Å². The van der Waals surface area contributed by atoms with Crippen molar-refractivity contribution in [2.24, 2.45) is 0 Å². The highest BCUT2D eigenvalue weighted by atomic mass is 14.7. The Labute approximate surface area is 270 Å². The molecule has 0 unspecified atom stereocenters. The van der Waals surface area contributed by atoms with E-state index in [1.807, 2.05) is 30.6 Å². The highest BCUT2D eigenvalue weighted by molar-refractivity contribution is 6.11. The van der Waals surface area contributed by atoms with Gasteiger partial charge in [-0.25, -0.2) is 0 Å². The molecule has 5 aromatic carbocycles. The Balaban J connectivity index is 1.31. The molecule has 7 aromatic rings. The highest BCUT2D eigenvalue weighted by Crippen LogP contribution is 2.53. The van der Waals surface area contributed by atoms with Gasteiger partial charge in [-0.05, 0) is 74.3 Å². The normalized spacial score (nSPS) is 12.9. The van der Waals surface area contributed by atoms with Gasteiger partial charge in [0.25, 0.3) is 0 Å². The second kappa shape index (κ2) is 10.8. The van der Waals surface area contributed by atoms with Gasteiger partial charge in [-0.15, -0.1) is 0 Å². The molecule has 2 aromatic heterocycles. The summed E-state index contributed by atoms with van der Waals surface area (Å²) in [6.07, 6.45) is 5.99. The van der Waals surface area contributed by atoms with Gasteiger partial charge in [-0.2, -0.15) is 0 Å². The smallest absolute Gasteiger partial charge is 0.0708 e. The van der Waals surface area contributed by atoms with Crippen molar-refractivity contribution in [1.29, 1.82) is 0 Å². The summed E-state index contributed by atoms with van der Waals surface area (Å²) in [5.41, 5.74) is 16.1. The van der Waals surface area contributed by atoms with Gasteiger partial charge in [0.15, 0.2) is 0 Å². The van der Waals surface area contributed by atoms with Crippen LogP contribution >= 0.6 is 0 Å². The largest absolute Gasteiger partial charge is 0.256 e. The molecule has 0 spiro atoms. The Bertz CT molecular complexity index is 2260. The predicted molar refractivity (Wildman–Crippen MR) is 194 cm³/mol. The van der Waals surface area contributed by atoms with Gasteiger partial charge in [0, 0.05) is 40.1 Å². The van der Waals surface area contributed by atoms with Gasteiger partial charge in [0.05, 0.1) is 11.4 Å². The van der Waals surface area contributed by atoms with E-state index in [9.17, 15) is 0 Å². The molecule has 2 nitrogen and oxygen atoms in total.